The van der Waals surface area contributed by atoms with Crippen LogP contribution in [-0.2, 0) is 6.42 Å². The molecule has 0 radical (unpaired) electrons. The minimum atomic E-state index is 0.575. The van der Waals surface area contributed by atoms with E-state index in [0.29, 0.717) is 17.7 Å². The van der Waals surface area contributed by atoms with Gasteiger partial charge in [-0.3, -0.25) is 0 Å². The van der Waals surface area contributed by atoms with Crippen molar-refractivity contribution in [1.29, 1.82) is 0 Å². The van der Waals surface area contributed by atoms with Crippen LogP contribution in [0.1, 0.15) is 30.1 Å². The van der Waals surface area contributed by atoms with E-state index in [2.05, 4.69) is 9.36 Å². The van der Waals surface area contributed by atoms with Crippen LogP contribution in [0.3, 0.4) is 0 Å². The highest BCUT2D eigenvalue weighted by Crippen LogP contribution is 2.40. The molecule has 1 heterocycles. The van der Waals surface area contributed by atoms with Gasteiger partial charge in [0.1, 0.15) is 11.6 Å². The van der Waals surface area contributed by atoms with E-state index in [1.807, 2.05) is 24.3 Å². The minimum absolute atomic E-state index is 0.575. The van der Waals surface area contributed by atoms with Crippen molar-refractivity contribution >= 4 is 11.5 Å². The molecule has 5 heteroatoms. The molecule has 0 saturated heterocycles. The predicted molar refractivity (Wildman–Crippen MR) is 71.2 cm³/mol. The third-order valence-corrected chi connectivity index (χ3v) is 3.54. The normalized spacial score (nSPS) is 14.7. The van der Waals surface area contributed by atoms with Gasteiger partial charge in [0.25, 0.3) is 5.19 Å². The third kappa shape index (κ3) is 2.68. The summed E-state index contributed by atoms with van der Waals surface area (Å²) in [5, 5.41) is 0.628. The van der Waals surface area contributed by atoms with E-state index in [-0.39, 0.29) is 0 Å². The lowest BCUT2D eigenvalue weighted by Gasteiger charge is -2.02. The van der Waals surface area contributed by atoms with Crippen molar-refractivity contribution < 1.29 is 4.74 Å². The molecule has 1 fully saturated rings. The maximum absolute atomic E-state index is 5.68. The van der Waals surface area contributed by atoms with Gasteiger partial charge in [0, 0.05) is 17.5 Å². The van der Waals surface area contributed by atoms with E-state index >= 15 is 0 Å². The lowest BCUT2D eigenvalue weighted by Crippen LogP contribution is -2.02. The van der Waals surface area contributed by atoms with Crippen molar-refractivity contribution in [2.45, 2.75) is 25.2 Å². The molecule has 0 bridgehead atoms. The summed E-state index contributed by atoms with van der Waals surface area (Å²) in [5.41, 5.74) is 6.73. The summed E-state index contributed by atoms with van der Waals surface area (Å²) in [6.45, 7) is 0.668. The van der Waals surface area contributed by atoms with Crippen molar-refractivity contribution in [3.8, 4) is 10.9 Å². The first-order valence-electron chi connectivity index (χ1n) is 6.15. The van der Waals surface area contributed by atoms with Crippen LogP contribution in [0.5, 0.6) is 10.9 Å². The first-order valence-corrected chi connectivity index (χ1v) is 6.93. The largest absolute Gasteiger partial charge is 0.430 e. The molecule has 0 unspecified atom stereocenters. The van der Waals surface area contributed by atoms with Gasteiger partial charge >= 0.3 is 0 Å². The molecule has 4 nitrogen and oxygen atoms in total. The zero-order chi connectivity index (χ0) is 12.4. The van der Waals surface area contributed by atoms with E-state index in [1.54, 1.807) is 0 Å². The van der Waals surface area contributed by atoms with Gasteiger partial charge in [-0.2, -0.15) is 9.36 Å². The second-order valence-electron chi connectivity index (χ2n) is 4.48. The Morgan fingerprint density at radius 2 is 2.06 bits per heavy atom. The first-order chi connectivity index (χ1) is 8.85. The Hall–Kier alpha value is -1.46. The fourth-order valence-electron chi connectivity index (χ4n) is 1.76. The van der Waals surface area contributed by atoms with Crippen molar-refractivity contribution in [1.82, 2.24) is 9.36 Å². The van der Waals surface area contributed by atoms with Crippen LogP contribution in [0, 0.1) is 0 Å². The average molecular weight is 261 g/mol. The highest BCUT2D eigenvalue weighted by atomic mass is 32.1. The Morgan fingerprint density at radius 1 is 1.28 bits per heavy atom. The quantitative estimate of drug-likeness (QED) is 0.899. The van der Waals surface area contributed by atoms with Gasteiger partial charge in [-0.25, -0.2) is 0 Å². The number of nitrogens with two attached hydrogens (primary N) is 1. The highest BCUT2D eigenvalue weighted by Gasteiger charge is 2.28. The standard InChI is InChI=1S/C13H15N3OS/c14-8-7-9-1-5-11(6-2-9)17-13-15-12(16-18-13)10-3-4-10/h1-2,5-6,10H,3-4,7-8,14H2. The number of aromatic nitrogens is 2. The van der Waals surface area contributed by atoms with E-state index in [4.69, 9.17) is 10.5 Å². The summed E-state index contributed by atoms with van der Waals surface area (Å²) < 4.78 is 9.99. The molecular formula is C13H15N3OS. The van der Waals surface area contributed by atoms with Crippen molar-refractivity contribution in [2.75, 3.05) is 6.54 Å². The summed E-state index contributed by atoms with van der Waals surface area (Å²) >= 11 is 1.32. The first kappa shape index (κ1) is 11.6. The molecule has 0 aliphatic heterocycles. The Morgan fingerprint density at radius 3 is 2.72 bits per heavy atom. The smallest absolute Gasteiger partial charge is 0.298 e. The fraction of sp³-hybridized carbons (Fsp3) is 0.385. The molecule has 2 N–H and O–H groups in total. The molecule has 3 rings (SSSR count). The molecule has 1 aliphatic rings. The number of nitrogens with zero attached hydrogens (tertiary/aromatic N) is 2. The van der Waals surface area contributed by atoms with Gasteiger partial charge in [0.15, 0.2) is 0 Å². The van der Waals surface area contributed by atoms with Gasteiger partial charge < -0.3 is 10.5 Å². The summed E-state index contributed by atoms with van der Waals surface area (Å²) in [7, 11) is 0. The molecule has 94 valence electrons. The Labute approximate surface area is 110 Å². The molecule has 2 aromatic rings. The number of benzene rings is 1. The Balaban J connectivity index is 1.66. The Bertz CT molecular complexity index is 519. The van der Waals surface area contributed by atoms with Gasteiger partial charge in [-0.1, -0.05) is 12.1 Å². The monoisotopic (exact) mass is 261 g/mol. The molecular weight excluding hydrogens is 246 g/mol. The summed E-state index contributed by atoms with van der Waals surface area (Å²) in [6, 6.07) is 7.96. The Kier molecular flexibility index (Phi) is 3.25. The minimum Gasteiger partial charge on any atom is -0.430 e. The van der Waals surface area contributed by atoms with Crippen molar-refractivity contribution in [3.63, 3.8) is 0 Å². The topological polar surface area (TPSA) is 61.0 Å². The number of hydrogen-bond acceptors (Lipinski definition) is 5. The van der Waals surface area contributed by atoms with E-state index in [1.165, 1.54) is 29.9 Å². The van der Waals surface area contributed by atoms with Crippen LogP contribution >= 0.6 is 11.5 Å². The zero-order valence-electron chi connectivity index (χ0n) is 10.0. The summed E-state index contributed by atoms with van der Waals surface area (Å²) in [5.74, 6) is 2.31. The lowest BCUT2D eigenvalue weighted by molar-refractivity contribution is 0.477. The second kappa shape index (κ2) is 5.04. The van der Waals surface area contributed by atoms with Crippen LogP contribution in [-0.4, -0.2) is 15.9 Å². The maximum Gasteiger partial charge on any atom is 0.298 e. The van der Waals surface area contributed by atoms with Gasteiger partial charge in [-0.15, -0.1) is 0 Å². The van der Waals surface area contributed by atoms with Crippen LogP contribution < -0.4 is 10.5 Å². The molecule has 0 amide bonds. The van der Waals surface area contributed by atoms with Crippen molar-refractivity contribution in [2.24, 2.45) is 5.73 Å². The fourth-order valence-corrected chi connectivity index (χ4v) is 2.39. The molecule has 1 saturated carbocycles. The molecule has 0 spiro atoms. The van der Waals surface area contributed by atoms with E-state index in [0.717, 1.165) is 18.0 Å². The van der Waals surface area contributed by atoms with Crippen LogP contribution in [0.25, 0.3) is 0 Å². The van der Waals surface area contributed by atoms with Gasteiger partial charge in [0.05, 0.1) is 0 Å². The average Bonchev–Trinajstić information content (AvgIpc) is 3.13. The second-order valence-corrected chi connectivity index (χ2v) is 5.19. The SMILES string of the molecule is NCCc1ccc(Oc2nc(C3CC3)ns2)cc1. The third-order valence-electron chi connectivity index (χ3n) is 2.93. The van der Waals surface area contributed by atoms with Gasteiger partial charge in [0.2, 0.25) is 0 Å². The van der Waals surface area contributed by atoms with E-state index in [9.17, 15) is 0 Å². The van der Waals surface area contributed by atoms with Gasteiger partial charge in [-0.05, 0) is 43.5 Å². The van der Waals surface area contributed by atoms with Crippen LogP contribution in [0.2, 0.25) is 0 Å². The maximum atomic E-state index is 5.68. The van der Waals surface area contributed by atoms with E-state index < -0.39 is 0 Å². The zero-order valence-corrected chi connectivity index (χ0v) is 10.8. The predicted octanol–water partition coefficient (Wildman–Crippen LogP) is 2.71. The highest BCUT2D eigenvalue weighted by molar-refractivity contribution is 7.07. The van der Waals surface area contributed by atoms with Crippen molar-refractivity contribution in [3.05, 3.63) is 35.7 Å². The molecule has 0 atom stereocenters. The summed E-state index contributed by atoms with van der Waals surface area (Å²) in [6.07, 6.45) is 3.32. The van der Waals surface area contributed by atoms with Crippen LogP contribution in [0.4, 0.5) is 0 Å². The molecule has 1 aliphatic carbocycles. The lowest BCUT2D eigenvalue weighted by atomic mass is 10.1. The molecule has 1 aromatic carbocycles. The number of ether oxygens (including phenoxy) is 1. The van der Waals surface area contributed by atoms with Crippen LogP contribution in [0.15, 0.2) is 24.3 Å². The number of hydrogen-bond donors (Lipinski definition) is 1. The number of rotatable bonds is 5. The summed E-state index contributed by atoms with van der Waals surface area (Å²) in [4.78, 5) is 4.39. The molecule has 1 aromatic heterocycles. The molecule has 18 heavy (non-hydrogen) atoms.